The van der Waals surface area contributed by atoms with Gasteiger partial charge >= 0.3 is 0 Å². The number of carbonyl (C=O) groups excluding carboxylic acids is 2. The lowest BCUT2D eigenvalue weighted by molar-refractivity contribution is -0.142. The highest BCUT2D eigenvalue weighted by atomic mass is 35.5. The van der Waals surface area contributed by atoms with Gasteiger partial charge < -0.3 is 5.11 Å². The Hall–Kier alpha value is -1.88. The van der Waals surface area contributed by atoms with Crippen LogP contribution in [0.1, 0.15) is 18.9 Å². The number of imide groups is 1. The summed E-state index contributed by atoms with van der Waals surface area (Å²) < 4.78 is 0. The van der Waals surface area contributed by atoms with Crippen molar-refractivity contribution in [1.82, 2.24) is 5.01 Å². The number of hydrogen-bond donors (Lipinski definition) is 1. The second-order valence-corrected chi connectivity index (χ2v) is 4.48. The number of amides is 2. The molecule has 94 valence electrons. The standard InChI is InChI=1S/C12H11ClN2O3/c1-7-4-11(17)15(14-7)12(18)6-8-2-3-9(13)10(16)5-8/h2-3,5,16H,4,6H2,1H3. The largest absolute Gasteiger partial charge is 0.506 e. The van der Waals surface area contributed by atoms with E-state index in [1.54, 1.807) is 13.0 Å². The fourth-order valence-corrected chi connectivity index (χ4v) is 1.79. The molecular formula is C12H11ClN2O3. The van der Waals surface area contributed by atoms with Gasteiger partial charge in [-0.05, 0) is 24.6 Å². The molecule has 1 heterocycles. The van der Waals surface area contributed by atoms with E-state index in [9.17, 15) is 14.7 Å². The van der Waals surface area contributed by atoms with Crippen LogP contribution >= 0.6 is 11.6 Å². The maximum absolute atomic E-state index is 11.9. The fraction of sp³-hybridized carbons (Fsp3) is 0.250. The van der Waals surface area contributed by atoms with Crippen molar-refractivity contribution in [3.8, 4) is 5.75 Å². The zero-order valence-corrected chi connectivity index (χ0v) is 10.4. The topological polar surface area (TPSA) is 70.0 Å². The molecule has 0 spiro atoms. The Morgan fingerprint density at radius 1 is 1.56 bits per heavy atom. The zero-order valence-electron chi connectivity index (χ0n) is 9.68. The van der Waals surface area contributed by atoms with E-state index in [-0.39, 0.29) is 29.5 Å². The van der Waals surface area contributed by atoms with Crippen LogP contribution in [0.3, 0.4) is 0 Å². The summed E-state index contributed by atoms with van der Waals surface area (Å²) in [6, 6.07) is 4.52. The van der Waals surface area contributed by atoms with Crippen LogP contribution in [0.5, 0.6) is 5.75 Å². The van der Waals surface area contributed by atoms with E-state index in [4.69, 9.17) is 11.6 Å². The first kappa shape index (κ1) is 12.6. The van der Waals surface area contributed by atoms with Crippen LogP contribution in [0.25, 0.3) is 0 Å². The predicted octanol–water partition coefficient (Wildman–Crippen LogP) is 1.72. The maximum atomic E-state index is 11.9. The summed E-state index contributed by atoms with van der Waals surface area (Å²) in [5, 5.41) is 14.4. The van der Waals surface area contributed by atoms with Crippen LogP contribution < -0.4 is 0 Å². The van der Waals surface area contributed by atoms with Gasteiger partial charge in [0.05, 0.1) is 17.9 Å². The Bertz CT molecular complexity index is 554. The molecule has 0 radical (unpaired) electrons. The van der Waals surface area contributed by atoms with Gasteiger partial charge in [0.15, 0.2) is 0 Å². The molecule has 0 saturated heterocycles. The van der Waals surface area contributed by atoms with Crippen LogP contribution in [-0.2, 0) is 16.0 Å². The Morgan fingerprint density at radius 2 is 2.28 bits per heavy atom. The molecule has 2 rings (SSSR count). The summed E-state index contributed by atoms with van der Waals surface area (Å²) in [5.41, 5.74) is 1.20. The van der Waals surface area contributed by atoms with E-state index in [2.05, 4.69) is 5.10 Å². The minimum atomic E-state index is -0.418. The van der Waals surface area contributed by atoms with Crippen molar-refractivity contribution in [2.24, 2.45) is 5.10 Å². The number of hydrazone groups is 1. The lowest BCUT2D eigenvalue weighted by Gasteiger charge is -2.10. The van der Waals surface area contributed by atoms with Gasteiger partial charge in [-0.2, -0.15) is 10.1 Å². The third kappa shape index (κ3) is 2.51. The highest BCUT2D eigenvalue weighted by molar-refractivity contribution is 6.32. The van der Waals surface area contributed by atoms with Crippen LogP contribution in [0, 0.1) is 0 Å². The van der Waals surface area contributed by atoms with Gasteiger partial charge in [0.25, 0.3) is 11.8 Å². The zero-order chi connectivity index (χ0) is 13.3. The third-order valence-corrected chi connectivity index (χ3v) is 2.84. The lowest BCUT2D eigenvalue weighted by atomic mass is 10.1. The summed E-state index contributed by atoms with van der Waals surface area (Å²) in [5.74, 6) is -0.830. The molecular weight excluding hydrogens is 256 g/mol. The second kappa shape index (κ2) is 4.78. The quantitative estimate of drug-likeness (QED) is 0.886. The first-order valence-corrected chi connectivity index (χ1v) is 5.72. The molecule has 5 nitrogen and oxygen atoms in total. The average Bonchev–Trinajstić information content (AvgIpc) is 2.63. The third-order valence-electron chi connectivity index (χ3n) is 2.52. The number of nitrogens with zero attached hydrogens (tertiary/aromatic N) is 2. The number of carbonyl (C=O) groups is 2. The van der Waals surface area contributed by atoms with Crippen molar-refractivity contribution >= 4 is 29.1 Å². The van der Waals surface area contributed by atoms with E-state index in [1.807, 2.05) is 0 Å². The van der Waals surface area contributed by atoms with Gasteiger partial charge in [-0.15, -0.1) is 0 Å². The first-order valence-electron chi connectivity index (χ1n) is 5.34. The number of benzene rings is 1. The van der Waals surface area contributed by atoms with Gasteiger partial charge in [-0.3, -0.25) is 9.59 Å². The van der Waals surface area contributed by atoms with Crippen molar-refractivity contribution in [2.45, 2.75) is 19.8 Å². The van der Waals surface area contributed by atoms with Crippen LogP contribution in [0.4, 0.5) is 0 Å². The van der Waals surface area contributed by atoms with Crippen LogP contribution in [-0.4, -0.2) is 27.6 Å². The van der Waals surface area contributed by atoms with Crippen molar-refractivity contribution in [2.75, 3.05) is 0 Å². The lowest BCUT2D eigenvalue weighted by Crippen LogP contribution is -2.29. The number of halogens is 1. The van der Waals surface area contributed by atoms with Gasteiger partial charge in [-0.1, -0.05) is 17.7 Å². The molecule has 1 aliphatic heterocycles. The second-order valence-electron chi connectivity index (χ2n) is 4.07. The number of phenols is 1. The summed E-state index contributed by atoms with van der Waals surface area (Å²) >= 11 is 5.67. The molecule has 1 N–H and O–H groups in total. The minimum Gasteiger partial charge on any atom is -0.506 e. The van der Waals surface area contributed by atoms with Gasteiger partial charge in [0.2, 0.25) is 0 Å². The molecule has 0 atom stereocenters. The van der Waals surface area contributed by atoms with Crippen molar-refractivity contribution < 1.29 is 14.7 Å². The van der Waals surface area contributed by atoms with Crippen LogP contribution in [0.2, 0.25) is 5.02 Å². The number of aromatic hydroxyl groups is 1. The Balaban J connectivity index is 2.12. The monoisotopic (exact) mass is 266 g/mol. The van der Waals surface area contributed by atoms with Gasteiger partial charge in [-0.25, -0.2) is 0 Å². The molecule has 1 aliphatic rings. The molecule has 1 aromatic carbocycles. The molecule has 0 aromatic heterocycles. The number of hydrogen-bond acceptors (Lipinski definition) is 4. The molecule has 0 bridgehead atoms. The van der Waals surface area contributed by atoms with Crippen molar-refractivity contribution in [3.05, 3.63) is 28.8 Å². The summed E-state index contributed by atoms with van der Waals surface area (Å²) in [6.45, 7) is 1.69. The summed E-state index contributed by atoms with van der Waals surface area (Å²) in [7, 11) is 0. The fourth-order valence-electron chi connectivity index (χ4n) is 1.67. The molecule has 0 unspecified atom stereocenters. The molecule has 6 heteroatoms. The van der Waals surface area contributed by atoms with E-state index >= 15 is 0 Å². The SMILES string of the molecule is CC1=NN(C(=O)Cc2ccc(Cl)c(O)c2)C(=O)C1. The Morgan fingerprint density at radius 3 is 2.83 bits per heavy atom. The van der Waals surface area contributed by atoms with E-state index in [1.165, 1.54) is 12.1 Å². The van der Waals surface area contributed by atoms with E-state index in [0.29, 0.717) is 11.3 Å². The van der Waals surface area contributed by atoms with Gasteiger partial charge in [0, 0.05) is 5.71 Å². The molecule has 2 amide bonds. The normalized spacial score (nSPS) is 14.9. The highest BCUT2D eigenvalue weighted by Gasteiger charge is 2.27. The molecule has 1 aromatic rings. The molecule has 0 saturated carbocycles. The summed E-state index contributed by atoms with van der Waals surface area (Å²) in [4.78, 5) is 23.3. The summed E-state index contributed by atoms with van der Waals surface area (Å²) in [6.07, 6.45) is 0.171. The Labute approximate surface area is 109 Å². The smallest absolute Gasteiger partial charge is 0.255 e. The van der Waals surface area contributed by atoms with Crippen molar-refractivity contribution in [3.63, 3.8) is 0 Å². The van der Waals surface area contributed by atoms with E-state index < -0.39 is 5.91 Å². The van der Waals surface area contributed by atoms with E-state index in [0.717, 1.165) is 5.01 Å². The highest BCUT2D eigenvalue weighted by Crippen LogP contribution is 2.24. The molecule has 0 fully saturated rings. The van der Waals surface area contributed by atoms with Gasteiger partial charge in [0.1, 0.15) is 5.75 Å². The minimum absolute atomic E-state index is 0.00670. The number of rotatable bonds is 2. The Kier molecular flexibility index (Phi) is 3.34. The maximum Gasteiger partial charge on any atom is 0.255 e. The molecule has 18 heavy (non-hydrogen) atoms. The number of phenolic OH excluding ortho intramolecular Hbond substituents is 1. The molecule has 0 aliphatic carbocycles. The van der Waals surface area contributed by atoms with Crippen LogP contribution in [0.15, 0.2) is 23.3 Å². The predicted molar refractivity (Wildman–Crippen MR) is 66.4 cm³/mol. The first-order chi connectivity index (χ1) is 8.47. The van der Waals surface area contributed by atoms with Crippen molar-refractivity contribution in [1.29, 1.82) is 0 Å². The average molecular weight is 267 g/mol.